The van der Waals surface area contributed by atoms with Crippen LogP contribution in [0.15, 0.2) is 54.6 Å². The molecule has 146 valence electrons. The number of methoxy groups -OCH3 is 1. The highest BCUT2D eigenvalue weighted by Gasteiger charge is 2.20. The molecule has 2 heterocycles. The quantitative estimate of drug-likeness (QED) is 0.520. The third kappa shape index (κ3) is 3.54. The van der Waals surface area contributed by atoms with E-state index in [1.165, 1.54) is 0 Å². The van der Waals surface area contributed by atoms with Crippen molar-refractivity contribution in [3.63, 3.8) is 0 Å². The highest BCUT2D eigenvalue weighted by atomic mass is 35.5. The topological polar surface area (TPSA) is 69.0 Å². The predicted octanol–water partition coefficient (Wildman–Crippen LogP) is 4.95. The predicted molar refractivity (Wildman–Crippen MR) is 114 cm³/mol. The standard InChI is InChI=1S/C22H19ClN4O2/c1-13-11-17(22(28)25-15-9-10-19(29-3)18(23)12-15)20-14(2)26-27(21(20)24-13)16-7-5-4-6-8-16/h4-12H,1-3H3,(H,25,28). The second-order valence-electron chi connectivity index (χ2n) is 6.65. The molecule has 7 heteroatoms. The lowest BCUT2D eigenvalue weighted by atomic mass is 10.1. The van der Waals surface area contributed by atoms with E-state index >= 15 is 0 Å². The first-order valence-corrected chi connectivity index (χ1v) is 9.43. The number of aryl methyl sites for hydroxylation is 2. The first kappa shape index (κ1) is 19.0. The summed E-state index contributed by atoms with van der Waals surface area (Å²) in [5.74, 6) is 0.296. The lowest BCUT2D eigenvalue weighted by Crippen LogP contribution is -2.13. The van der Waals surface area contributed by atoms with Gasteiger partial charge in [0.1, 0.15) is 5.75 Å². The molecule has 0 saturated heterocycles. The van der Waals surface area contributed by atoms with Crippen LogP contribution in [-0.4, -0.2) is 27.8 Å². The number of anilines is 1. The zero-order valence-corrected chi connectivity index (χ0v) is 17.0. The van der Waals surface area contributed by atoms with Gasteiger partial charge in [-0.2, -0.15) is 5.10 Å². The molecule has 0 radical (unpaired) electrons. The first-order valence-electron chi connectivity index (χ1n) is 9.05. The molecule has 4 aromatic rings. The van der Waals surface area contributed by atoms with Gasteiger partial charge in [0.15, 0.2) is 5.65 Å². The zero-order chi connectivity index (χ0) is 20.5. The van der Waals surface area contributed by atoms with Crippen LogP contribution < -0.4 is 10.1 Å². The summed E-state index contributed by atoms with van der Waals surface area (Å²) in [6.45, 7) is 3.73. The lowest BCUT2D eigenvalue weighted by Gasteiger charge is -2.10. The van der Waals surface area contributed by atoms with Gasteiger partial charge in [-0.3, -0.25) is 4.79 Å². The fraction of sp³-hybridized carbons (Fsp3) is 0.136. The van der Waals surface area contributed by atoms with E-state index in [-0.39, 0.29) is 5.91 Å². The number of nitrogens with zero attached hydrogens (tertiary/aromatic N) is 3. The summed E-state index contributed by atoms with van der Waals surface area (Å²) < 4.78 is 6.92. The summed E-state index contributed by atoms with van der Waals surface area (Å²) in [5.41, 5.74) is 4.08. The summed E-state index contributed by atoms with van der Waals surface area (Å²) >= 11 is 6.18. The van der Waals surface area contributed by atoms with E-state index in [1.807, 2.05) is 44.2 Å². The highest BCUT2D eigenvalue weighted by molar-refractivity contribution is 6.32. The Morgan fingerprint density at radius 1 is 1.10 bits per heavy atom. The smallest absolute Gasteiger partial charge is 0.256 e. The van der Waals surface area contributed by atoms with E-state index in [2.05, 4.69) is 15.4 Å². The van der Waals surface area contributed by atoms with Gasteiger partial charge in [-0.05, 0) is 50.2 Å². The fourth-order valence-electron chi connectivity index (χ4n) is 3.28. The number of carbonyl (C=O) groups is 1. The van der Waals surface area contributed by atoms with Crippen LogP contribution in [-0.2, 0) is 0 Å². The van der Waals surface area contributed by atoms with Gasteiger partial charge in [-0.1, -0.05) is 29.8 Å². The maximum absolute atomic E-state index is 13.1. The Morgan fingerprint density at radius 3 is 2.55 bits per heavy atom. The highest BCUT2D eigenvalue weighted by Crippen LogP contribution is 2.29. The number of nitrogens with one attached hydrogen (secondary N) is 1. The van der Waals surface area contributed by atoms with Gasteiger partial charge in [-0.25, -0.2) is 9.67 Å². The Labute approximate surface area is 173 Å². The molecule has 0 aliphatic heterocycles. The number of amides is 1. The third-order valence-corrected chi connectivity index (χ3v) is 4.89. The number of hydrogen-bond acceptors (Lipinski definition) is 4. The Kier molecular flexibility index (Phi) is 4.94. The number of benzene rings is 2. The zero-order valence-electron chi connectivity index (χ0n) is 16.2. The molecule has 0 aliphatic carbocycles. The monoisotopic (exact) mass is 406 g/mol. The first-order chi connectivity index (χ1) is 14.0. The average Bonchev–Trinajstić information content (AvgIpc) is 3.04. The SMILES string of the molecule is COc1ccc(NC(=O)c2cc(C)nc3c2c(C)nn3-c2ccccc2)cc1Cl. The Bertz CT molecular complexity index is 1220. The van der Waals surface area contributed by atoms with Gasteiger partial charge in [0.2, 0.25) is 0 Å². The summed E-state index contributed by atoms with van der Waals surface area (Å²) in [5, 5.41) is 8.67. The number of fused-ring (bicyclic) bond motifs is 1. The maximum Gasteiger partial charge on any atom is 0.256 e. The number of pyridine rings is 1. The van der Waals surface area contributed by atoms with Crippen LogP contribution in [0.3, 0.4) is 0 Å². The maximum atomic E-state index is 13.1. The van der Waals surface area contributed by atoms with Crippen LogP contribution in [0.4, 0.5) is 5.69 Å². The van der Waals surface area contributed by atoms with Gasteiger partial charge in [0, 0.05) is 11.4 Å². The van der Waals surface area contributed by atoms with Crippen molar-refractivity contribution in [1.29, 1.82) is 0 Å². The molecule has 1 amide bonds. The van der Waals surface area contributed by atoms with Crippen LogP contribution >= 0.6 is 11.6 Å². The molecule has 2 aromatic heterocycles. The number of para-hydroxylation sites is 1. The molecule has 6 nitrogen and oxygen atoms in total. The molecule has 0 fully saturated rings. The molecule has 0 spiro atoms. The molecule has 0 aliphatic rings. The summed E-state index contributed by atoms with van der Waals surface area (Å²) in [7, 11) is 1.54. The molecular weight excluding hydrogens is 388 g/mol. The van der Waals surface area contributed by atoms with E-state index in [0.717, 1.165) is 22.5 Å². The molecule has 4 rings (SSSR count). The molecular formula is C22H19ClN4O2. The van der Waals surface area contributed by atoms with Crippen molar-refractivity contribution in [2.24, 2.45) is 0 Å². The minimum Gasteiger partial charge on any atom is -0.495 e. The number of carbonyl (C=O) groups excluding carboxylic acids is 1. The lowest BCUT2D eigenvalue weighted by molar-refractivity contribution is 0.102. The Balaban J connectivity index is 1.79. The number of rotatable bonds is 4. The van der Waals surface area contributed by atoms with Gasteiger partial charge in [0.25, 0.3) is 5.91 Å². The normalized spacial score (nSPS) is 10.9. The van der Waals surface area contributed by atoms with Gasteiger partial charge < -0.3 is 10.1 Å². The van der Waals surface area contributed by atoms with E-state index in [9.17, 15) is 4.79 Å². The largest absolute Gasteiger partial charge is 0.495 e. The Morgan fingerprint density at radius 2 is 1.86 bits per heavy atom. The summed E-state index contributed by atoms with van der Waals surface area (Å²) in [6, 6.07) is 16.6. The summed E-state index contributed by atoms with van der Waals surface area (Å²) in [4.78, 5) is 17.7. The van der Waals surface area contributed by atoms with Crippen molar-refractivity contribution >= 4 is 34.2 Å². The van der Waals surface area contributed by atoms with Crippen LogP contribution in [0.2, 0.25) is 5.02 Å². The average molecular weight is 407 g/mol. The third-order valence-electron chi connectivity index (χ3n) is 4.60. The van der Waals surface area contributed by atoms with E-state index < -0.39 is 0 Å². The van der Waals surface area contributed by atoms with Crippen LogP contribution in [0, 0.1) is 13.8 Å². The van der Waals surface area contributed by atoms with Crippen molar-refractivity contribution in [3.8, 4) is 11.4 Å². The molecule has 0 unspecified atom stereocenters. The molecule has 29 heavy (non-hydrogen) atoms. The molecule has 0 saturated carbocycles. The minimum absolute atomic E-state index is 0.252. The molecule has 1 N–H and O–H groups in total. The van der Waals surface area contributed by atoms with Gasteiger partial charge in [-0.15, -0.1) is 0 Å². The van der Waals surface area contributed by atoms with Gasteiger partial charge in [0.05, 0.1) is 34.5 Å². The van der Waals surface area contributed by atoms with Crippen LogP contribution in [0.1, 0.15) is 21.7 Å². The van der Waals surface area contributed by atoms with Crippen LogP contribution in [0.25, 0.3) is 16.7 Å². The number of halogens is 1. The second kappa shape index (κ2) is 7.56. The van der Waals surface area contributed by atoms with Crippen molar-refractivity contribution in [2.75, 3.05) is 12.4 Å². The van der Waals surface area contributed by atoms with E-state index in [1.54, 1.807) is 36.1 Å². The van der Waals surface area contributed by atoms with E-state index in [4.69, 9.17) is 16.3 Å². The number of ether oxygens (including phenoxy) is 1. The van der Waals surface area contributed by atoms with Crippen molar-refractivity contribution in [2.45, 2.75) is 13.8 Å². The van der Waals surface area contributed by atoms with E-state index in [0.29, 0.717) is 27.7 Å². The van der Waals surface area contributed by atoms with Crippen LogP contribution in [0.5, 0.6) is 5.75 Å². The summed E-state index contributed by atoms with van der Waals surface area (Å²) in [6.07, 6.45) is 0. The van der Waals surface area contributed by atoms with Crippen molar-refractivity contribution in [3.05, 3.63) is 76.6 Å². The molecule has 2 aromatic carbocycles. The molecule has 0 atom stereocenters. The van der Waals surface area contributed by atoms with Crippen molar-refractivity contribution < 1.29 is 9.53 Å². The number of hydrogen-bond donors (Lipinski definition) is 1. The Hall–Kier alpha value is -3.38. The minimum atomic E-state index is -0.252. The van der Waals surface area contributed by atoms with Gasteiger partial charge >= 0.3 is 0 Å². The second-order valence-corrected chi connectivity index (χ2v) is 7.05. The fourth-order valence-corrected chi connectivity index (χ4v) is 3.54. The number of aromatic nitrogens is 3. The van der Waals surface area contributed by atoms with Crippen molar-refractivity contribution in [1.82, 2.24) is 14.8 Å². The molecule has 0 bridgehead atoms.